The van der Waals surface area contributed by atoms with Gasteiger partial charge >= 0.3 is 6.18 Å². The van der Waals surface area contributed by atoms with Crippen LogP contribution in [-0.4, -0.2) is 0 Å². The quantitative estimate of drug-likeness (QED) is 0.523. The summed E-state index contributed by atoms with van der Waals surface area (Å²) in [5.41, 5.74) is -0.958. The predicted octanol–water partition coefficient (Wildman–Crippen LogP) is 4.50. The van der Waals surface area contributed by atoms with Crippen LogP contribution in [0.3, 0.4) is 0 Å². The third-order valence-corrected chi connectivity index (χ3v) is 2.99. The van der Waals surface area contributed by atoms with Crippen molar-refractivity contribution in [3.05, 3.63) is 33.5 Å². The van der Waals surface area contributed by atoms with E-state index >= 15 is 0 Å². The highest BCUT2D eigenvalue weighted by Crippen LogP contribution is 2.39. The maximum atomic E-state index is 12.9. The number of halogens is 6. The molecular formula is C8H4Br2F4. The topological polar surface area (TPSA) is 0 Å². The fourth-order valence-electron chi connectivity index (χ4n) is 1.01. The van der Waals surface area contributed by atoms with E-state index in [0.717, 1.165) is 12.1 Å². The van der Waals surface area contributed by atoms with Crippen LogP contribution in [0.15, 0.2) is 16.6 Å². The summed E-state index contributed by atoms with van der Waals surface area (Å²) in [5.74, 6) is -0.915. The van der Waals surface area contributed by atoms with Crippen LogP contribution < -0.4 is 0 Å². The molecule has 0 saturated carbocycles. The highest BCUT2D eigenvalue weighted by Gasteiger charge is 2.36. The van der Waals surface area contributed by atoms with E-state index in [1.807, 2.05) is 0 Å². The van der Waals surface area contributed by atoms with Gasteiger partial charge in [0.25, 0.3) is 0 Å². The summed E-state index contributed by atoms with van der Waals surface area (Å²) in [6, 6.07) is 2.10. The first kappa shape index (κ1) is 12.0. The van der Waals surface area contributed by atoms with Gasteiger partial charge < -0.3 is 0 Å². The lowest BCUT2D eigenvalue weighted by molar-refractivity contribution is -0.138. The van der Waals surface area contributed by atoms with Crippen molar-refractivity contribution in [3.8, 4) is 0 Å². The molecule has 0 nitrogen and oxygen atoms in total. The van der Waals surface area contributed by atoms with E-state index in [1.54, 1.807) is 0 Å². The van der Waals surface area contributed by atoms with Crippen LogP contribution in [0.1, 0.15) is 11.1 Å². The van der Waals surface area contributed by atoms with Gasteiger partial charge in [0.05, 0.1) is 10.0 Å². The molecule has 0 radical (unpaired) electrons. The molecule has 0 spiro atoms. The number of hydrogen-bond donors (Lipinski definition) is 0. The molecule has 14 heavy (non-hydrogen) atoms. The lowest BCUT2D eigenvalue weighted by Gasteiger charge is -2.13. The standard InChI is InChI=1S/C8H4Br2F4/c9-3-4-1-2-5(11)7(10)6(4)8(12,13)14/h1-2H,3H2. The van der Waals surface area contributed by atoms with Crippen molar-refractivity contribution in [3.63, 3.8) is 0 Å². The first-order valence-corrected chi connectivity index (χ1v) is 5.39. The summed E-state index contributed by atoms with van der Waals surface area (Å²) in [7, 11) is 0. The largest absolute Gasteiger partial charge is 0.417 e. The second-order valence-electron chi connectivity index (χ2n) is 2.53. The van der Waals surface area contributed by atoms with Gasteiger partial charge in [-0.2, -0.15) is 13.2 Å². The van der Waals surface area contributed by atoms with Gasteiger partial charge in [0.1, 0.15) is 5.82 Å². The predicted molar refractivity (Wildman–Crippen MR) is 51.7 cm³/mol. The molecule has 6 heteroatoms. The molecule has 0 N–H and O–H groups in total. The van der Waals surface area contributed by atoms with Gasteiger partial charge in [-0.3, -0.25) is 0 Å². The van der Waals surface area contributed by atoms with Crippen LogP contribution in [-0.2, 0) is 11.5 Å². The minimum atomic E-state index is -4.55. The molecule has 0 saturated heterocycles. The molecule has 0 aliphatic carbocycles. The molecule has 0 heterocycles. The zero-order valence-electron chi connectivity index (χ0n) is 6.63. The van der Waals surface area contributed by atoms with Crippen molar-refractivity contribution in [2.24, 2.45) is 0 Å². The normalized spacial score (nSPS) is 11.9. The first-order valence-electron chi connectivity index (χ1n) is 3.48. The molecule has 0 aliphatic rings. The molecule has 1 aromatic carbocycles. The summed E-state index contributed by atoms with van der Waals surface area (Å²) in [4.78, 5) is 0. The van der Waals surface area contributed by atoms with Crippen LogP contribution in [0.25, 0.3) is 0 Å². The Hall–Kier alpha value is -0.100. The molecule has 1 aromatic rings. The van der Waals surface area contributed by atoms with E-state index in [1.165, 1.54) is 0 Å². The molecule has 78 valence electrons. The second kappa shape index (κ2) is 4.18. The van der Waals surface area contributed by atoms with E-state index in [2.05, 4.69) is 31.9 Å². The van der Waals surface area contributed by atoms with Crippen molar-refractivity contribution in [1.82, 2.24) is 0 Å². The molecule has 0 aromatic heterocycles. The lowest BCUT2D eigenvalue weighted by atomic mass is 10.1. The van der Waals surface area contributed by atoms with Gasteiger partial charge in [-0.05, 0) is 27.6 Å². The summed E-state index contributed by atoms with van der Waals surface area (Å²) in [5, 5.41) is 0.0285. The first-order chi connectivity index (χ1) is 6.38. The van der Waals surface area contributed by atoms with E-state index in [0.29, 0.717) is 0 Å². The van der Waals surface area contributed by atoms with Gasteiger partial charge in [-0.1, -0.05) is 22.0 Å². The lowest BCUT2D eigenvalue weighted by Crippen LogP contribution is -2.10. The van der Waals surface area contributed by atoms with E-state index in [4.69, 9.17) is 0 Å². The molecule has 0 fully saturated rings. The molecule has 0 atom stereocenters. The van der Waals surface area contributed by atoms with Gasteiger partial charge in [0.2, 0.25) is 0 Å². The maximum absolute atomic E-state index is 12.9. The monoisotopic (exact) mass is 334 g/mol. The van der Waals surface area contributed by atoms with Gasteiger partial charge in [0, 0.05) is 5.33 Å². The van der Waals surface area contributed by atoms with Gasteiger partial charge in [-0.15, -0.1) is 0 Å². The fraction of sp³-hybridized carbons (Fsp3) is 0.250. The average molecular weight is 336 g/mol. The van der Waals surface area contributed by atoms with Crippen molar-refractivity contribution in [1.29, 1.82) is 0 Å². The zero-order chi connectivity index (χ0) is 10.9. The van der Waals surface area contributed by atoms with E-state index < -0.39 is 22.0 Å². The molecular weight excluding hydrogens is 332 g/mol. The minimum absolute atomic E-state index is 0.00535. The van der Waals surface area contributed by atoms with Gasteiger partial charge in [0.15, 0.2) is 0 Å². The Morgan fingerprint density at radius 3 is 2.21 bits per heavy atom. The smallest absolute Gasteiger partial charge is 0.206 e. The van der Waals surface area contributed by atoms with Crippen LogP contribution in [0.4, 0.5) is 17.6 Å². The third kappa shape index (κ3) is 2.28. The Morgan fingerprint density at radius 2 is 1.79 bits per heavy atom. The van der Waals surface area contributed by atoms with Crippen LogP contribution in [0, 0.1) is 5.82 Å². The highest BCUT2D eigenvalue weighted by atomic mass is 79.9. The maximum Gasteiger partial charge on any atom is 0.417 e. The zero-order valence-corrected chi connectivity index (χ0v) is 9.80. The van der Waals surface area contributed by atoms with E-state index in [9.17, 15) is 17.6 Å². The molecule has 0 unspecified atom stereocenters. The van der Waals surface area contributed by atoms with Crippen LogP contribution >= 0.6 is 31.9 Å². The van der Waals surface area contributed by atoms with Crippen molar-refractivity contribution in [2.75, 3.05) is 0 Å². The molecule has 0 amide bonds. The summed E-state index contributed by atoms with van der Waals surface area (Å²) in [6.45, 7) is 0. The van der Waals surface area contributed by atoms with Crippen LogP contribution in [0.2, 0.25) is 0 Å². The Balaban J connectivity index is 3.44. The SMILES string of the molecule is Fc1ccc(CBr)c(C(F)(F)F)c1Br. The van der Waals surface area contributed by atoms with Gasteiger partial charge in [-0.25, -0.2) is 4.39 Å². The van der Waals surface area contributed by atoms with Crippen molar-refractivity contribution >= 4 is 31.9 Å². The summed E-state index contributed by atoms with van der Waals surface area (Å²) >= 11 is 5.51. The molecule has 0 aliphatic heterocycles. The average Bonchev–Trinajstić information content (AvgIpc) is 2.07. The highest BCUT2D eigenvalue weighted by molar-refractivity contribution is 9.10. The minimum Gasteiger partial charge on any atom is -0.206 e. The van der Waals surface area contributed by atoms with Crippen LogP contribution in [0.5, 0.6) is 0 Å². The Kier molecular flexibility index (Phi) is 3.58. The fourth-order valence-corrected chi connectivity index (χ4v) is 2.09. The number of hydrogen-bond acceptors (Lipinski definition) is 0. The third-order valence-electron chi connectivity index (χ3n) is 1.61. The summed E-state index contributed by atoms with van der Waals surface area (Å²) in [6.07, 6.45) is -4.55. The molecule has 1 rings (SSSR count). The van der Waals surface area contributed by atoms with Crippen molar-refractivity contribution < 1.29 is 17.6 Å². The Bertz CT molecular complexity index is 346. The number of alkyl halides is 4. The molecule has 0 bridgehead atoms. The van der Waals surface area contributed by atoms with Crippen molar-refractivity contribution in [2.45, 2.75) is 11.5 Å². The Morgan fingerprint density at radius 1 is 1.21 bits per heavy atom. The summed E-state index contributed by atoms with van der Waals surface area (Å²) < 4.78 is 49.7. The number of rotatable bonds is 1. The Labute approximate surface area is 94.6 Å². The second-order valence-corrected chi connectivity index (χ2v) is 3.88. The number of benzene rings is 1. The van der Waals surface area contributed by atoms with E-state index in [-0.39, 0.29) is 10.9 Å².